The zero-order valence-corrected chi connectivity index (χ0v) is 7.84. The third-order valence-corrected chi connectivity index (χ3v) is 1.35. The van der Waals surface area contributed by atoms with Crippen molar-refractivity contribution in [3.63, 3.8) is 0 Å². The van der Waals surface area contributed by atoms with Crippen molar-refractivity contribution >= 4 is 30.7 Å². The number of nitrogens with one attached hydrogen (secondary N) is 1. The van der Waals surface area contributed by atoms with Crippen LogP contribution >= 0.6 is 19.6 Å². The molecule has 0 aromatic rings. The standard InChI is InChI=1S/C3H3NO2S.H3O4P.H2O/c5-2-1-7-3(6)4-2;1-5(2,3)4;/h1H2,(H,4,5,6);(H3,1,2,3,4);1H2. The van der Waals surface area contributed by atoms with Crippen LogP contribution in [-0.2, 0) is 9.36 Å². The van der Waals surface area contributed by atoms with E-state index in [0.717, 1.165) is 11.8 Å². The molecule has 1 rings (SSSR count). The number of carbonyl (C=O) groups is 2. The molecule has 1 fully saturated rings. The molecule has 1 saturated heterocycles. The van der Waals surface area contributed by atoms with Crippen LogP contribution in [-0.4, -0.2) is 37.1 Å². The summed E-state index contributed by atoms with van der Waals surface area (Å²) in [6.07, 6.45) is 0. The third-order valence-electron chi connectivity index (χ3n) is 0.576. The maximum atomic E-state index is 10.1. The van der Waals surface area contributed by atoms with Gasteiger partial charge in [-0.3, -0.25) is 14.9 Å². The molecular formula is C3H8NO7PS. The quantitative estimate of drug-likeness (QED) is 0.360. The number of carbonyl (C=O) groups excluding carboxylic acids is 2. The zero-order valence-electron chi connectivity index (χ0n) is 6.13. The van der Waals surface area contributed by atoms with Gasteiger partial charge in [-0.15, -0.1) is 0 Å². The Hall–Kier alpha value is -0.440. The summed E-state index contributed by atoms with van der Waals surface area (Å²) in [6.45, 7) is 0. The highest BCUT2D eigenvalue weighted by Gasteiger charge is 2.16. The highest BCUT2D eigenvalue weighted by Crippen LogP contribution is 2.25. The van der Waals surface area contributed by atoms with E-state index in [9.17, 15) is 9.59 Å². The van der Waals surface area contributed by atoms with Crippen molar-refractivity contribution in [1.29, 1.82) is 0 Å². The number of thioether (sulfide) groups is 1. The molecule has 0 aliphatic carbocycles. The third kappa shape index (κ3) is 14.4. The average molecular weight is 233 g/mol. The number of phosphoric acid groups is 1. The van der Waals surface area contributed by atoms with Crippen molar-refractivity contribution < 1.29 is 34.3 Å². The molecule has 1 aliphatic rings. The van der Waals surface area contributed by atoms with E-state index >= 15 is 0 Å². The molecule has 0 atom stereocenters. The van der Waals surface area contributed by atoms with Gasteiger partial charge in [-0.05, 0) is 0 Å². The average Bonchev–Trinajstić information content (AvgIpc) is 2.09. The van der Waals surface area contributed by atoms with E-state index < -0.39 is 7.82 Å². The van der Waals surface area contributed by atoms with Crippen molar-refractivity contribution in [3.05, 3.63) is 0 Å². The highest BCUT2D eigenvalue weighted by molar-refractivity contribution is 8.14. The highest BCUT2D eigenvalue weighted by atomic mass is 32.2. The van der Waals surface area contributed by atoms with Crippen LogP contribution in [0.3, 0.4) is 0 Å². The lowest BCUT2D eigenvalue weighted by molar-refractivity contribution is -0.117. The minimum Gasteiger partial charge on any atom is -0.412 e. The Morgan fingerprint density at radius 3 is 1.77 bits per heavy atom. The largest absolute Gasteiger partial charge is 0.466 e. The van der Waals surface area contributed by atoms with E-state index in [1.807, 2.05) is 0 Å². The number of imide groups is 1. The predicted octanol–water partition coefficient (Wildman–Crippen LogP) is -1.78. The summed E-state index contributed by atoms with van der Waals surface area (Å²) in [6, 6.07) is 0. The summed E-state index contributed by atoms with van der Waals surface area (Å²) in [5.74, 6) is 0.105. The Balaban J connectivity index is 0. The van der Waals surface area contributed by atoms with Gasteiger partial charge in [-0.2, -0.15) is 0 Å². The molecular weight excluding hydrogens is 225 g/mol. The number of rotatable bonds is 0. The monoisotopic (exact) mass is 233 g/mol. The molecule has 6 N–H and O–H groups in total. The number of hydrogen-bond acceptors (Lipinski definition) is 4. The molecule has 1 heterocycles. The Bertz CT molecular complexity index is 214. The SMILES string of the molecule is O.O=C1CSC(=O)N1.O=P(O)(O)O. The van der Waals surface area contributed by atoms with Crippen LogP contribution in [0.5, 0.6) is 0 Å². The minimum atomic E-state index is -4.64. The second-order valence-electron chi connectivity index (χ2n) is 1.64. The molecule has 13 heavy (non-hydrogen) atoms. The van der Waals surface area contributed by atoms with Crippen molar-refractivity contribution in [1.82, 2.24) is 5.32 Å². The smallest absolute Gasteiger partial charge is 0.412 e. The predicted molar refractivity (Wildman–Crippen MR) is 43.9 cm³/mol. The van der Waals surface area contributed by atoms with Gasteiger partial charge >= 0.3 is 7.82 Å². The van der Waals surface area contributed by atoms with Crippen LogP contribution in [0.4, 0.5) is 4.79 Å². The first-order valence-electron chi connectivity index (χ1n) is 2.54. The fourth-order valence-electron chi connectivity index (χ4n) is 0.317. The van der Waals surface area contributed by atoms with Crippen molar-refractivity contribution in [2.24, 2.45) is 0 Å². The van der Waals surface area contributed by atoms with Gasteiger partial charge in [0.15, 0.2) is 0 Å². The van der Waals surface area contributed by atoms with Gasteiger partial charge in [-0.25, -0.2) is 4.57 Å². The van der Waals surface area contributed by atoms with Crippen molar-refractivity contribution in [2.45, 2.75) is 0 Å². The molecule has 8 nitrogen and oxygen atoms in total. The molecule has 0 aromatic heterocycles. The van der Waals surface area contributed by atoms with E-state index in [1.54, 1.807) is 0 Å². The summed E-state index contributed by atoms with van der Waals surface area (Å²) >= 11 is 1.01. The van der Waals surface area contributed by atoms with E-state index in [-0.39, 0.29) is 16.6 Å². The van der Waals surface area contributed by atoms with Gasteiger partial charge < -0.3 is 20.2 Å². The normalized spacial score (nSPS) is 15.3. The fraction of sp³-hybridized carbons (Fsp3) is 0.333. The van der Waals surface area contributed by atoms with E-state index in [1.165, 1.54) is 0 Å². The van der Waals surface area contributed by atoms with E-state index in [0.29, 0.717) is 5.75 Å². The zero-order chi connectivity index (χ0) is 9.78. The van der Waals surface area contributed by atoms with Crippen LogP contribution in [0.25, 0.3) is 0 Å². The molecule has 2 amide bonds. The van der Waals surface area contributed by atoms with Gasteiger partial charge in [-0.1, -0.05) is 11.8 Å². The molecule has 78 valence electrons. The molecule has 0 unspecified atom stereocenters. The molecule has 0 spiro atoms. The fourth-order valence-corrected chi connectivity index (χ4v) is 0.837. The molecule has 0 bridgehead atoms. The lowest BCUT2D eigenvalue weighted by atomic mass is 10.7. The van der Waals surface area contributed by atoms with E-state index in [4.69, 9.17) is 19.2 Å². The summed E-state index contributed by atoms with van der Waals surface area (Å²) in [5, 5.41) is 1.87. The molecule has 0 radical (unpaired) electrons. The summed E-state index contributed by atoms with van der Waals surface area (Å²) in [7, 11) is -4.64. The second-order valence-corrected chi connectivity index (χ2v) is 3.61. The summed E-state index contributed by atoms with van der Waals surface area (Å²) < 4.78 is 8.88. The molecule has 0 saturated carbocycles. The van der Waals surface area contributed by atoms with Crippen LogP contribution in [0.1, 0.15) is 0 Å². The molecule has 1 aliphatic heterocycles. The van der Waals surface area contributed by atoms with Gasteiger partial charge in [0, 0.05) is 0 Å². The van der Waals surface area contributed by atoms with Crippen LogP contribution in [0.2, 0.25) is 0 Å². The maximum absolute atomic E-state index is 10.1. The minimum absolute atomic E-state index is 0. The van der Waals surface area contributed by atoms with Gasteiger partial charge in [0.25, 0.3) is 5.24 Å². The van der Waals surface area contributed by atoms with E-state index in [2.05, 4.69) is 5.32 Å². The summed E-state index contributed by atoms with van der Waals surface area (Å²) in [4.78, 5) is 41.7. The van der Waals surface area contributed by atoms with Crippen LogP contribution in [0.15, 0.2) is 0 Å². The lowest BCUT2D eigenvalue weighted by Crippen LogP contribution is -2.18. The van der Waals surface area contributed by atoms with Crippen LogP contribution in [0, 0.1) is 0 Å². The summed E-state index contributed by atoms with van der Waals surface area (Å²) in [5.41, 5.74) is 0. The number of hydrogen-bond donors (Lipinski definition) is 4. The topological polar surface area (TPSA) is 155 Å². The second kappa shape index (κ2) is 6.08. The van der Waals surface area contributed by atoms with Crippen LogP contribution < -0.4 is 5.32 Å². The molecule has 10 heteroatoms. The van der Waals surface area contributed by atoms with Gasteiger partial charge in [0.1, 0.15) is 0 Å². The van der Waals surface area contributed by atoms with Gasteiger partial charge in [0.05, 0.1) is 5.75 Å². The maximum Gasteiger partial charge on any atom is 0.466 e. The Morgan fingerprint density at radius 2 is 1.69 bits per heavy atom. The first kappa shape index (κ1) is 15.1. The Morgan fingerprint density at radius 1 is 1.31 bits per heavy atom. The van der Waals surface area contributed by atoms with Crippen molar-refractivity contribution in [3.8, 4) is 0 Å². The Labute approximate surface area is 76.9 Å². The molecule has 0 aromatic carbocycles. The first-order valence-corrected chi connectivity index (χ1v) is 5.09. The lowest BCUT2D eigenvalue weighted by Gasteiger charge is -1.82. The number of amides is 2. The van der Waals surface area contributed by atoms with Crippen molar-refractivity contribution in [2.75, 3.05) is 5.75 Å². The Kier molecular flexibility index (Phi) is 7.04. The first-order chi connectivity index (χ1) is 5.29. The van der Waals surface area contributed by atoms with Gasteiger partial charge in [0.2, 0.25) is 5.91 Å².